The number of hydrogen-bond acceptors (Lipinski definition) is 1. The number of rotatable bonds is 5. The summed E-state index contributed by atoms with van der Waals surface area (Å²) in [5.41, 5.74) is 0. The average molecular weight is 307 g/mol. The Morgan fingerprint density at radius 3 is 1.95 bits per heavy atom. The molecule has 0 spiro atoms. The van der Waals surface area contributed by atoms with Crippen molar-refractivity contribution in [1.29, 1.82) is 0 Å². The first-order valence-electron chi connectivity index (χ1n) is 7.77. The van der Waals surface area contributed by atoms with Gasteiger partial charge in [-0.05, 0) is 37.8 Å². The zero-order valence-electron chi connectivity index (χ0n) is 13.1. The van der Waals surface area contributed by atoms with Crippen molar-refractivity contribution in [2.24, 2.45) is 5.92 Å². The number of nitrogens with one attached hydrogen (secondary N) is 1. The summed E-state index contributed by atoms with van der Waals surface area (Å²) < 4.78 is 0. The van der Waals surface area contributed by atoms with E-state index >= 15 is 0 Å². The van der Waals surface area contributed by atoms with E-state index in [2.05, 4.69) is 91.1 Å². The quantitative estimate of drug-likeness (QED) is 0.829. The number of allylic oxidation sites excluding steroid dienone is 2. The highest BCUT2D eigenvalue weighted by Gasteiger charge is 2.28. The largest absolute Gasteiger partial charge is 0.316 e. The van der Waals surface area contributed by atoms with Gasteiger partial charge in [0.05, 0.1) is 0 Å². The Bertz CT molecular complexity index is 621. The van der Waals surface area contributed by atoms with Gasteiger partial charge in [0.1, 0.15) is 0 Å². The molecule has 0 saturated heterocycles. The summed E-state index contributed by atoms with van der Waals surface area (Å²) in [4.78, 5) is 0. The topological polar surface area (TPSA) is 12.0 Å². The van der Waals surface area contributed by atoms with E-state index in [1.165, 1.54) is 15.9 Å². The van der Waals surface area contributed by atoms with E-state index in [4.69, 9.17) is 0 Å². The van der Waals surface area contributed by atoms with Crippen molar-refractivity contribution < 1.29 is 0 Å². The van der Waals surface area contributed by atoms with E-state index in [9.17, 15) is 0 Å². The van der Waals surface area contributed by atoms with Crippen LogP contribution in [0.15, 0.2) is 84.2 Å². The number of hydrogen-bond donors (Lipinski definition) is 1. The van der Waals surface area contributed by atoms with Crippen molar-refractivity contribution in [2.75, 3.05) is 7.05 Å². The number of benzene rings is 2. The van der Waals surface area contributed by atoms with Crippen LogP contribution in [-0.4, -0.2) is 13.1 Å². The lowest BCUT2D eigenvalue weighted by atomic mass is 10.0. The fourth-order valence-electron chi connectivity index (χ4n) is 2.91. The highest BCUT2D eigenvalue weighted by atomic mass is 31.1. The summed E-state index contributed by atoms with van der Waals surface area (Å²) >= 11 is 0. The van der Waals surface area contributed by atoms with Crippen molar-refractivity contribution >= 4 is 18.5 Å². The molecule has 2 atom stereocenters. The van der Waals surface area contributed by atoms with Crippen molar-refractivity contribution in [3.8, 4) is 0 Å². The van der Waals surface area contributed by atoms with E-state index in [0.29, 0.717) is 12.0 Å². The van der Waals surface area contributed by atoms with E-state index in [-0.39, 0.29) is 0 Å². The third-order valence-corrected chi connectivity index (χ3v) is 6.80. The zero-order valence-corrected chi connectivity index (χ0v) is 14.0. The Morgan fingerprint density at radius 1 is 0.909 bits per heavy atom. The first-order valence-corrected chi connectivity index (χ1v) is 9.11. The van der Waals surface area contributed by atoms with Crippen LogP contribution in [0.25, 0.3) is 0 Å². The zero-order chi connectivity index (χ0) is 15.4. The summed E-state index contributed by atoms with van der Waals surface area (Å²) in [5.74, 6) is 0.469. The summed E-state index contributed by atoms with van der Waals surface area (Å²) in [6.07, 6.45) is 6.87. The molecule has 0 bridgehead atoms. The minimum absolute atomic E-state index is 0.447. The van der Waals surface area contributed by atoms with Gasteiger partial charge in [-0.3, -0.25) is 0 Å². The van der Waals surface area contributed by atoms with Crippen LogP contribution < -0.4 is 15.9 Å². The predicted molar refractivity (Wildman–Crippen MR) is 98.3 cm³/mol. The second kappa shape index (κ2) is 7.05. The predicted octanol–water partition coefficient (Wildman–Crippen LogP) is 3.80. The lowest BCUT2D eigenvalue weighted by molar-refractivity contribution is 0.534. The Kier molecular flexibility index (Phi) is 4.87. The summed E-state index contributed by atoms with van der Waals surface area (Å²) in [6, 6.07) is 22.3. The molecule has 1 N–H and O–H groups in total. The second-order valence-corrected chi connectivity index (χ2v) is 7.81. The van der Waals surface area contributed by atoms with Crippen molar-refractivity contribution in [3.63, 3.8) is 0 Å². The molecule has 0 heterocycles. The van der Waals surface area contributed by atoms with Crippen LogP contribution in [0.3, 0.4) is 0 Å². The SMILES string of the molecule is CN[C@@H](C)C1C=CC=C1P(c1ccccc1)c1ccccc1. The summed E-state index contributed by atoms with van der Waals surface area (Å²) in [6.45, 7) is 2.26. The van der Waals surface area contributed by atoms with Gasteiger partial charge in [0.25, 0.3) is 0 Å². The van der Waals surface area contributed by atoms with Gasteiger partial charge in [-0.2, -0.15) is 0 Å². The van der Waals surface area contributed by atoms with Gasteiger partial charge in [0.2, 0.25) is 0 Å². The minimum Gasteiger partial charge on any atom is -0.316 e. The van der Waals surface area contributed by atoms with Crippen LogP contribution in [0.2, 0.25) is 0 Å². The molecule has 22 heavy (non-hydrogen) atoms. The van der Waals surface area contributed by atoms with Crippen LogP contribution >= 0.6 is 7.92 Å². The molecule has 0 aromatic heterocycles. The van der Waals surface area contributed by atoms with E-state index in [1.807, 2.05) is 7.05 Å². The molecule has 0 aliphatic heterocycles. The highest BCUT2D eigenvalue weighted by Crippen LogP contribution is 2.49. The van der Waals surface area contributed by atoms with Gasteiger partial charge in [-0.1, -0.05) is 78.9 Å². The Morgan fingerprint density at radius 2 is 1.45 bits per heavy atom. The molecular weight excluding hydrogens is 285 g/mol. The molecule has 1 aliphatic rings. The van der Waals surface area contributed by atoms with E-state index in [0.717, 1.165) is 0 Å². The lowest BCUT2D eigenvalue weighted by Gasteiger charge is -2.28. The second-order valence-electron chi connectivity index (χ2n) is 5.59. The highest BCUT2D eigenvalue weighted by molar-refractivity contribution is 7.76. The van der Waals surface area contributed by atoms with Crippen molar-refractivity contribution in [1.82, 2.24) is 5.32 Å². The molecule has 2 aromatic rings. The van der Waals surface area contributed by atoms with Crippen LogP contribution in [0.4, 0.5) is 0 Å². The monoisotopic (exact) mass is 307 g/mol. The standard InChI is InChI=1S/C20H22NP/c1-16(21-2)19-14-9-15-20(19)22(17-10-5-3-6-11-17)18-12-7-4-8-13-18/h3-16,19,21H,1-2H3/t16-,19?/m0/s1. The molecule has 1 unspecified atom stereocenters. The molecule has 0 saturated carbocycles. The molecule has 0 fully saturated rings. The molecule has 3 rings (SSSR count). The van der Waals surface area contributed by atoms with Gasteiger partial charge in [-0.25, -0.2) is 0 Å². The third-order valence-electron chi connectivity index (χ3n) is 4.21. The van der Waals surface area contributed by atoms with Gasteiger partial charge >= 0.3 is 0 Å². The maximum Gasteiger partial charge on any atom is 0.0183 e. The Labute approximate surface area is 134 Å². The summed E-state index contributed by atoms with van der Waals surface area (Å²) in [5, 5.41) is 7.80. The van der Waals surface area contributed by atoms with Crippen molar-refractivity contribution in [3.05, 3.63) is 84.2 Å². The fraction of sp³-hybridized carbons (Fsp3) is 0.200. The van der Waals surface area contributed by atoms with Crippen LogP contribution in [0.1, 0.15) is 6.92 Å². The maximum atomic E-state index is 3.41. The van der Waals surface area contributed by atoms with Gasteiger partial charge < -0.3 is 5.32 Å². The van der Waals surface area contributed by atoms with Gasteiger partial charge in [0, 0.05) is 12.0 Å². The first kappa shape index (κ1) is 15.2. The Hall–Kier alpha value is -1.69. The molecule has 2 heteroatoms. The van der Waals surface area contributed by atoms with Gasteiger partial charge in [0.15, 0.2) is 0 Å². The van der Waals surface area contributed by atoms with Crippen LogP contribution in [0.5, 0.6) is 0 Å². The first-order chi connectivity index (χ1) is 10.8. The smallest absolute Gasteiger partial charge is 0.0183 e. The summed E-state index contributed by atoms with van der Waals surface area (Å²) in [7, 11) is 1.57. The van der Waals surface area contributed by atoms with E-state index < -0.39 is 7.92 Å². The normalized spacial score (nSPS) is 18.5. The van der Waals surface area contributed by atoms with Crippen molar-refractivity contribution in [2.45, 2.75) is 13.0 Å². The van der Waals surface area contributed by atoms with Crippen LogP contribution in [-0.2, 0) is 0 Å². The molecule has 2 aromatic carbocycles. The fourth-order valence-corrected chi connectivity index (χ4v) is 5.59. The molecular formula is C20H22NP. The molecule has 0 radical (unpaired) electrons. The molecule has 112 valence electrons. The average Bonchev–Trinajstić information content (AvgIpc) is 3.06. The lowest BCUT2D eigenvalue weighted by Crippen LogP contribution is -2.31. The van der Waals surface area contributed by atoms with Gasteiger partial charge in [-0.15, -0.1) is 0 Å². The molecule has 1 aliphatic carbocycles. The Balaban J connectivity index is 2.04. The third kappa shape index (κ3) is 3.06. The molecule has 1 nitrogen and oxygen atoms in total. The minimum atomic E-state index is -0.471. The maximum absolute atomic E-state index is 3.41. The van der Waals surface area contributed by atoms with E-state index in [1.54, 1.807) is 0 Å². The molecule has 0 amide bonds. The van der Waals surface area contributed by atoms with Crippen LogP contribution in [0, 0.1) is 5.92 Å².